The van der Waals surface area contributed by atoms with E-state index in [9.17, 15) is 9.18 Å². The molecule has 1 aromatic carbocycles. The Bertz CT molecular complexity index is 466. The van der Waals surface area contributed by atoms with E-state index in [4.69, 9.17) is 10.8 Å². The minimum absolute atomic E-state index is 0.0364. The van der Waals surface area contributed by atoms with Gasteiger partial charge in [0.1, 0.15) is 5.82 Å². The number of aliphatic carboxylic acids is 1. The summed E-state index contributed by atoms with van der Waals surface area (Å²) in [5.41, 5.74) is 7.17. The molecule has 0 amide bonds. The fraction of sp³-hybridized carbons (Fsp3) is 0.308. The quantitative estimate of drug-likeness (QED) is 0.624. The van der Waals surface area contributed by atoms with E-state index in [-0.39, 0.29) is 11.3 Å². The number of hydrogen-bond acceptors (Lipinski definition) is 2. The van der Waals surface area contributed by atoms with Crippen LogP contribution in [0.25, 0.3) is 5.57 Å². The molecule has 3 nitrogen and oxygen atoms in total. The zero-order valence-electron chi connectivity index (χ0n) is 9.96. The first-order valence-electron chi connectivity index (χ1n) is 5.45. The summed E-state index contributed by atoms with van der Waals surface area (Å²) in [7, 11) is 0. The van der Waals surface area contributed by atoms with Gasteiger partial charge in [-0.05, 0) is 36.6 Å². The number of carbonyl (C=O) groups is 1. The molecule has 0 radical (unpaired) electrons. The maximum absolute atomic E-state index is 13.1. The fourth-order valence-electron chi connectivity index (χ4n) is 1.66. The molecular weight excluding hydrogens is 221 g/mol. The highest BCUT2D eigenvalue weighted by Crippen LogP contribution is 2.26. The Hall–Kier alpha value is -1.84. The number of benzene rings is 1. The highest BCUT2D eigenvalue weighted by molar-refractivity contribution is 5.96. The van der Waals surface area contributed by atoms with Crippen molar-refractivity contribution in [2.24, 2.45) is 0 Å². The van der Waals surface area contributed by atoms with Crippen LogP contribution in [0.4, 0.5) is 10.1 Å². The molecule has 0 spiro atoms. The minimum atomic E-state index is -0.962. The number of anilines is 1. The van der Waals surface area contributed by atoms with Crippen molar-refractivity contribution in [3.63, 3.8) is 0 Å². The normalized spacial score (nSPS) is 12.2. The molecule has 0 bridgehead atoms. The van der Waals surface area contributed by atoms with Crippen LogP contribution in [0.5, 0.6) is 0 Å². The van der Waals surface area contributed by atoms with Gasteiger partial charge in [0.2, 0.25) is 0 Å². The van der Waals surface area contributed by atoms with Gasteiger partial charge in [-0.15, -0.1) is 0 Å². The summed E-state index contributed by atoms with van der Waals surface area (Å²) in [5.74, 6) is -1.45. The first-order valence-corrected chi connectivity index (χ1v) is 5.45. The van der Waals surface area contributed by atoms with Crippen LogP contribution in [-0.2, 0) is 4.79 Å². The van der Waals surface area contributed by atoms with Crippen molar-refractivity contribution in [1.82, 2.24) is 0 Å². The lowest BCUT2D eigenvalue weighted by atomic mass is 9.96. The summed E-state index contributed by atoms with van der Waals surface area (Å²) in [6.07, 6.45) is 1.44. The largest absolute Gasteiger partial charge is 0.478 e. The maximum Gasteiger partial charge on any atom is 0.331 e. The summed E-state index contributed by atoms with van der Waals surface area (Å²) in [4.78, 5) is 11.0. The number of hydrogen-bond donors (Lipinski definition) is 2. The van der Waals surface area contributed by atoms with Gasteiger partial charge in [-0.3, -0.25) is 0 Å². The van der Waals surface area contributed by atoms with Gasteiger partial charge in [0.05, 0.1) is 5.69 Å². The zero-order chi connectivity index (χ0) is 13.0. The molecule has 0 heterocycles. The molecule has 0 saturated carbocycles. The first-order chi connectivity index (χ1) is 7.97. The Labute approximate surface area is 99.8 Å². The molecule has 0 atom stereocenters. The van der Waals surface area contributed by atoms with Crippen molar-refractivity contribution in [2.45, 2.75) is 26.7 Å². The van der Waals surface area contributed by atoms with Gasteiger partial charge in [-0.1, -0.05) is 19.4 Å². The lowest BCUT2D eigenvalue weighted by Crippen LogP contribution is -2.02. The van der Waals surface area contributed by atoms with Crippen molar-refractivity contribution in [1.29, 1.82) is 0 Å². The molecule has 0 aliphatic rings. The van der Waals surface area contributed by atoms with E-state index in [1.165, 1.54) is 12.1 Å². The number of carboxylic acids is 1. The monoisotopic (exact) mass is 237 g/mol. The van der Waals surface area contributed by atoms with Crippen LogP contribution in [0, 0.1) is 5.82 Å². The van der Waals surface area contributed by atoms with Gasteiger partial charge >= 0.3 is 5.97 Å². The molecule has 0 aliphatic carbocycles. The highest BCUT2D eigenvalue weighted by atomic mass is 19.1. The molecule has 0 fully saturated rings. The Balaban J connectivity index is 3.28. The Morgan fingerprint density at radius 3 is 2.59 bits per heavy atom. The second kappa shape index (κ2) is 5.48. The Morgan fingerprint density at radius 2 is 2.12 bits per heavy atom. The minimum Gasteiger partial charge on any atom is -0.478 e. The summed E-state index contributed by atoms with van der Waals surface area (Å²) < 4.78 is 13.1. The van der Waals surface area contributed by atoms with Gasteiger partial charge in [-0.2, -0.15) is 0 Å². The third-order valence-corrected chi connectivity index (χ3v) is 2.62. The standard InChI is InChI=1S/C13H16FNO2/c1-3-4-10(8(2)13(16)17)9-5-6-11(14)12(15)7-9/h5-7H,3-4,15H2,1-2H3,(H,16,17). The molecule has 1 aromatic rings. The predicted octanol–water partition coefficient (Wildman–Crippen LogP) is 3.07. The summed E-state index contributed by atoms with van der Waals surface area (Å²) in [5, 5.41) is 9.00. The molecule has 0 saturated heterocycles. The molecule has 0 unspecified atom stereocenters. The van der Waals surface area contributed by atoms with Gasteiger partial charge in [0.15, 0.2) is 0 Å². The van der Waals surface area contributed by atoms with Gasteiger partial charge in [-0.25, -0.2) is 9.18 Å². The van der Waals surface area contributed by atoms with Crippen LogP contribution >= 0.6 is 0 Å². The van der Waals surface area contributed by atoms with E-state index in [0.29, 0.717) is 17.6 Å². The van der Waals surface area contributed by atoms with E-state index < -0.39 is 11.8 Å². The summed E-state index contributed by atoms with van der Waals surface area (Å²) in [6, 6.07) is 4.30. The average Bonchev–Trinajstić information content (AvgIpc) is 2.29. The number of nitrogens with two attached hydrogens (primary N) is 1. The second-order valence-electron chi connectivity index (χ2n) is 3.89. The lowest BCUT2D eigenvalue weighted by Gasteiger charge is -2.10. The molecule has 3 N–H and O–H groups in total. The summed E-state index contributed by atoms with van der Waals surface area (Å²) >= 11 is 0. The number of rotatable bonds is 4. The molecule has 17 heavy (non-hydrogen) atoms. The highest BCUT2D eigenvalue weighted by Gasteiger charge is 2.12. The van der Waals surface area contributed by atoms with Crippen molar-refractivity contribution in [2.75, 3.05) is 5.73 Å². The number of allylic oxidation sites excluding steroid dienone is 1. The lowest BCUT2D eigenvalue weighted by molar-refractivity contribution is -0.132. The predicted molar refractivity (Wildman–Crippen MR) is 66.0 cm³/mol. The second-order valence-corrected chi connectivity index (χ2v) is 3.89. The molecule has 92 valence electrons. The topological polar surface area (TPSA) is 63.3 Å². The van der Waals surface area contributed by atoms with E-state index >= 15 is 0 Å². The number of halogens is 1. The van der Waals surface area contributed by atoms with Crippen LogP contribution in [0.3, 0.4) is 0 Å². The first kappa shape index (κ1) is 13.2. The van der Waals surface area contributed by atoms with E-state index in [1.54, 1.807) is 13.0 Å². The van der Waals surface area contributed by atoms with Gasteiger partial charge in [0.25, 0.3) is 0 Å². The van der Waals surface area contributed by atoms with Crippen LogP contribution in [-0.4, -0.2) is 11.1 Å². The van der Waals surface area contributed by atoms with Crippen LogP contribution in [0.15, 0.2) is 23.8 Å². The Morgan fingerprint density at radius 1 is 1.47 bits per heavy atom. The van der Waals surface area contributed by atoms with Gasteiger partial charge < -0.3 is 10.8 Å². The van der Waals surface area contributed by atoms with Crippen molar-refractivity contribution in [3.05, 3.63) is 35.2 Å². The molecule has 0 aromatic heterocycles. The number of nitrogen functional groups attached to an aromatic ring is 1. The Kier molecular flexibility index (Phi) is 4.26. The van der Waals surface area contributed by atoms with Crippen LogP contribution < -0.4 is 5.73 Å². The SMILES string of the molecule is CCCC(=C(C)C(=O)O)c1ccc(F)c(N)c1. The maximum atomic E-state index is 13.1. The fourth-order valence-corrected chi connectivity index (χ4v) is 1.66. The third kappa shape index (κ3) is 3.06. The van der Waals surface area contributed by atoms with Gasteiger partial charge in [0, 0.05) is 5.57 Å². The third-order valence-electron chi connectivity index (χ3n) is 2.62. The summed E-state index contributed by atoms with van der Waals surface area (Å²) in [6.45, 7) is 3.51. The molecule has 4 heteroatoms. The smallest absolute Gasteiger partial charge is 0.331 e. The molecule has 1 rings (SSSR count). The van der Waals surface area contributed by atoms with E-state index in [2.05, 4.69) is 0 Å². The van der Waals surface area contributed by atoms with Crippen LogP contribution in [0.2, 0.25) is 0 Å². The average molecular weight is 237 g/mol. The molecule has 0 aliphatic heterocycles. The van der Waals surface area contributed by atoms with Crippen molar-refractivity contribution >= 4 is 17.2 Å². The zero-order valence-corrected chi connectivity index (χ0v) is 9.96. The van der Waals surface area contributed by atoms with E-state index in [0.717, 1.165) is 6.42 Å². The molecular formula is C13H16FNO2. The van der Waals surface area contributed by atoms with Crippen molar-refractivity contribution in [3.8, 4) is 0 Å². The van der Waals surface area contributed by atoms with Crippen molar-refractivity contribution < 1.29 is 14.3 Å². The number of carboxylic acid groups (broad SMARTS) is 1. The van der Waals surface area contributed by atoms with Crippen LogP contribution in [0.1, 0.15) is 32.3 Å². The van der Waals surface area contributed by atoms with E-state index in [1.807, 2.05) is 6.92 Å².